The highest BCUT2D eigenvalue weighted by atomic mass is 16.5. The lowest BCUT2D eigenvalue weighted by atomic mass is 9.97. The second-order valence-corrected chi connectivity index (χ2v) is 11.3. The van der Waals surface area contributed by atoms with Crippen LogP contribution in [-0.4, -0.2) is 40.2 Å². The van der Waals surface area contributed by atoms with E-state index in [2.05, 4.69) is 75.2 Å². The predicted octanol–water partition coefficient (Wildman–Crippen LogP) is 6.19. The molecule has 2 atom stereocenters. The molecule has 2 unspecified atom stereocenters. The van der Waals surface area contributed by atoms with Crippen LogP contribution in [0.1, 0.15) is 58.7 Å². The maximum absolute atomic E-state index is 13.2. The first-order chi connectivity index (χ1) is 21.0. The van der Waals surface area contributed by atoms with Crippen molar-refractivity contribution < 1.29 is 19.4 Å². The molecule has 2 aromatic heterocycles. The first-order valence-corrected chi connectivity index (χ1v) is 14.7. The van der Waals surface area contributed by atoms with Gasteiger partial charge in [-0.3, -0.25) is 9.59 Å². The zero-order chi connectivity index (χ0) is 29.9. The molecular weight excluding hydrogens is 540 g/mol. The van der Waals surface area contributed by atoms with Gasteiger partial charge < -0.3 is 29.6 Å². The Kier molecular flexibility index (Phi) is 6.49. The normalized spacial score (nSPS) is 19.8. The number of carbonyl (C=O) groups is 2. The van der Waals surface area contributed by atoms with E-state index < -0.39 is 5.72 Å². The molecule has 0 saturated carbocycles. The maximum Gasteiger partial charge on any atom is 0.252 e. The fraction of sp³-hybridized carbons (Fsp3) is 0.257. The van der Waals surface area contributed by atoms with Gasteiger partial charge in [0.15, 0.2) is 0 Å². The third kappa shape index (κ3) is 3.83. The number of para-hydroxylation sites is 2. The predicted molar refractivity (Wildman–Crippen MR) is 169 cm³/mol. The number of fused-ring (bicyclic) bond motifs is 13. The number of hydrogen-bond acceptors (Lipinski definition) is 4. The van der Waals surface area contributed by atoms with Crippen LogP contribution in [0.4, 0.5) is 0 Å². The Labute approximate surface area is 248 Å². The van der Waals surface area contributed by atoms with E-state index in [4.69, 9.17) is 9.84 Å². The van der Waals surface area contributed by atoms with Gasteiger partial charge in [-0.25, -0.2) is 0 Å². The lowest BCUT2D eigenvalue weighted by Gasteiger charge is -2.39. The van der Waals surface area contributed by atoms with Crippen molar-refractivity contribution in [1.29, 1.82) is 0 Å². The van der Waals surface area contributed by atoms with Gasteiger partial charge in [0.05, 0.1) is 27.6 Å². The van der Waals surface area contributed by atoms with Crippen LogP contribution in [0.2, 0.25) is 0 Å². The molecule has 1 fully saturated rings. The van der Waals surface area contributed by atoms with Crippen molar-refractivity contribution in [2.75, 3.05) is 14.2 Å². The Bertz CT molecular complexity index is 2060. The topological polar surface area (TPSA) is 97.5 Å². The Morgan fingerprint density at radius 2 is 1.58 bits per heavy atom. The van der Waals surface area contributed by atoms with Crippen LogP contribution in [0, 0.1) is 0 Å². The van der Waals surface area contributed by atoms with Crippen molar-refractivity contribution in [3.63, 3.8) is 0 Å². The van der Waals surface area contributed by atoms with Crippen molar-refractivity contribution in [3.8, 4) is 0 Å². The minimum atomic E-state index is -0.415. The number of rotatable bonds is 1. The molecule has 8 nitrogen and oxygen atoms in total. The van der Waals surface area contributed by atoms with Crippen molar-refractivity contribution in [2.24, 2.45) is 0 Å². The summed E-state index contributed by atoms with van der Waals surface area (Å²) in [7, 11) is 2.62. The summed E-state index contributed by atoms with van der Waals surface area (Å²) in [5.41, 5.74) is 6.97. The van der Waals surface area contributed by atoms with Crippen LogP contribution >= 0.6 is 0 Å². The van der Waals surface area contributed by atoms with Crippen LogP contribution in [0.15, 0.2) is 78.9 Å². The Hall–Kier alpha value is -4.66. The lowest BCUT2D eigenvalue weighted by molar-refractivity contribution is -0.186. The van der Waals surface area contributed by atoms with Crippen molar-refractivity contribution in [3.05, 3.63) is 95.6 Å². The van der Waals surface area contributed by atoms with Gasteiger partial charge in [-0.2, -0.15) is 0 Å². The molecule has 3 aliphatic heterocycles. The molecule has 0 spiro atoms. The summed E-state index contributed by atoms with van der Waals surface area (Å²) in [4.78, 5) is 24.1. The molecule has 6 aromatic rings. The molecule has 5 heterocycles. The summed E-state index contributed by atoms with van der Waals surface area (Å²) < 4.78 is 11.7. The number of carbonyl (C=O) groups excluding carboxylic acids is 2. The van der Waals surface area contributed by atoms with E-state index in [1.165, 1.54) is 21.8 Å². The van der Waals surface area contributed by atoms with Gasteiger partial charge in [0.25, 0.3) is 11.8 Å². The summed E-state index contributed by atoms with van der Waals surface area (Å²) in [5, 5.41) is 17.3. The van der Waals surface area contributed by atoms with Crippen LogP contribution in [0.5, 0.6) is 0 Å². The van der Waals surface area contributed by atoms with E-state index in [0.717, 1.165) is 59.3 Å². The molecule has 3 aliphatic rings. The second-order valence-electron chi connectivity index (χ2n) is 11.3. The minimum absolute atomic E-state index is 0.0365. The highest BCUT2D eigenvalue weighted by molar-refractivity contribution is 6.31. The first-order valence-electron chi connectivity index (χ1n) is 14.7. The van der Waals surface area contributed by atoms with Crippen LogP contribution in [0.25, 0.3) is 43.6 Å². The Morgan fingerprint density at radius 3 is 2.30 bits per heavy atom. The molecule has 4 aromatic carbocycles. The quantitative estimate of drug-likeness (QED) is 0.218. The number of nitrogens with one attached hydrogen (secondary N) is 2. The third-order valence-corrected chi connectivity index (χ3v) is 9.02. The molecule has 2 bridgehead atoms. The van der Waals surface area contributed by atoms with E-state index >= 15 is 0 Å². The van der Waals surface area contributed by atoms with E-state index in [0.29, 0.717) is 12.1 Å². The van der Waals surface area contributed by atoms with E-state index in [1.54, 1.807) is 19.2 Å². The molecule has 9 rings (SSSR count). The zero-order valence-corrected chi connectivity index (χ0v) is 24.5. The molecule has 1 saturated heterocycles. The Balaban J connectivity index is 0.000000214. The van der Waals surface area contributed by atoms with Gasteiger partial charge in [-0.1, -0.05) is 54.6 Å². The highest BCUT2D eigenvalue weighted by Gasteiger charge is 2.43. The molecule has 2 amide bonds. The summed E-state index contributed by atoms with van der Waals surface area (Å²) >= 11 is 0. The van der Waals surface area contributed by atoms with Gasteiger partial charge >= 0.3 is 0 Å². The molecule has 3 N–H and O–H groups in total. The van der Waals surface area contributed by atoms with Gasteiger partial charge in [0.1, 0.15) is 12.0 Å². The summed E-state index contributed by atoms with van der Waals surface area (Å²) in [6, 6.07) is 26.2. The maximum atomic E-state index is 13.2. The van der Waals surface area contributed by atoms with Crippen molar-refractivity contribution >= 4 is 55.4 Å². The van der Waals surface area contributed by atoms with Gasteiger partial charge in [0, 0.05) is 47.8 Å². The number of amides is 2. The largest absolute Gasteiger partial charge is 0.400 e. The fourth-order valence-corrected chi connectivity index (χ4v) is 7.37. The highest BCUT2D eigenvalue weighted by Crippen LogP contribution is 2.53. The molecule has 43 heavy (non-hydrogen) atoms. The summed E-state index contributed by atoms with van der Waals surface area (Å²) in [6.07, 6.45) is 3.04. The first kappa shape index (κ1) is 27.2. The van der Waals surface area contributed by atoms with Crippen LogP contribution in [0.3, 0.4) is 0 Å². The van der Waals surface area contributed by atoms with Gasteiger partial charge in [0.2, 0.25) is 0 Å². The molecule has 0 aliphatic carbocycles. The van der Waals surface area contributed by atoms with Gasteiger partial charge in [-0.15, -0.1) is 0 Å². The number of aliphatic hydroxyl groups excluding tert-OH is 1. The standard InChI is InChI=1S/C26H21N3O2.C8H9NO.CH4O/c1-26-12-6-11-19(31-26)28-17-9-4-2-7-14(17)21-22-16(13-27-25(22)30)20-15-8-3-5-10-18(15)29(26)24(20)23(21)28;1-9-8(10)7-5-3-2-4-6-7;1-2/h2-5,7-10,19H,6,11-13H2,1H3,(H,27,30);2-6H,1H3,(H,9,10);2H,1H3. The summed E-state index contributed by atoms with van der Waals surface area (Å²) in [6.45, 7) is 2.82. The van der Waals surface area contributed by atoms with Crippen LogP contribution in [-0.2, 0) is 17.0 Å². The average molecular weight is 575 g/mol. The number of ether oxygens (including phenoxy) is 1. The Morgan fingerprint density at radius 1 is 0.930 bits per heavy atom. The molecule has 218 valence electrons. The number of nitrogens with zero attached hydrogens (tertiary/aromatic N) is 2. The third-order valence-electron chi connectivity index (χ3n) is 9.02. The SMILES string of the molecule is CC12CCCC(O1)n1c3ccccc3c3c4c(c5c6ccccc6n2c5c31)CNC4=O.CNC(=O)c1ccccc1.CO. The number of benzene rings is 4. The molecular formula is C35H34N4O4. The van der Waals surface area contributed by atoms with Gasteiger partial charge in [-0.05, 0) is 56.0 Å². The van der Waals surface area contributed by atoms with Crippen molar-refractivity contribution in [2.45, 2.75) is 44.7 Å². The van der Waals surface area contributed by atoms with E-state index in [9.17, 15) is 9.59 Å². The second kappa shape index (κ2) is 10.3. The summed E-state index contributed by atoms with van der Waals surface area (Å²) in [5.74, 6) is -0.00316. The fourth-order valence-electron chi connectivity index (χ4n) is 7.37. The monoisotopic (exact) mass is 574 g/mol. The van der Waals surface area contributed by atoms with Crippen molar-refractivity contribution in [1.82, 2.24) is 19.8 Å². The minimum Gasteiger partial charge on any atom is -0.400 e. The zero-order valence-electron chi connectivity index (χ0n) is 24.5. The number of aliphatic hydroxyl groups is 1. The number of hydrogen-bond donors (Lipinski definition) is 3. The average Bonchev–Trinajstić information content (AvgIpc) is 3.70. The van der Waals surface area contributed by atoms with E-state index in [1.807, 2.05) is 18.2 Å². The number of aromatic nitrogens is 2. The molecule has 8 heteroatoms. The van der Waals surface area contributed by atoms with Crippen LogP contribution < -0.4 is 10.6 Å². The lowest BCUT2D eigenvalue weighted by Crippen LogP contribution is -2.37. The van der Waals surface area contributed by atoms with E-state index in [-0.39, 0.29) is 18.0 Å². The molecule has 0 radical (unpaired) electrons. The smallest absolute Gasteiger partial charge is 0.252 e.